The third-order valence-corrected chi connectivity index (χ3v) is 4.44. The van der Waals surface area contributed by atoms with Crippen molar-refractivity contribution in [3.63, 3.8) is 0 Å². The topological polar surface area (TPSA) is 32.3 Å². The fourth-order valence-corrected chi connectivity index (χ4v) is 3.25. The fraction of sp³-hybridized carbons (Fsp3) is 0.923. The molecule has 2 aliphatic heterocycles. The van der Waals surface area contributed by atoms with Crippen LogP contribution in [-0.4, -0.2) is 42.7 Å². The number of nitrogens with zero attached hydrogens (tertiary/aromatic N) is 1. The van der Waals surface area contributed by atoms with Crippen LogP contribution in [0.3, 0.4) is 0 Å². The van der Waals surface area contributed by atoms with Crippen LogP contribution in [0, 0.1) is 11.3 Å². The molecule has 3 nitrogen and oxygen atoms in total. The number of nitrogens with one attached hydrogen (secondary N) is 1. The molecule has 6 heteroatoms. The summed E-state index contributed by atoms with van der Waals surface area (Å²) in [4.78, 5) is 14.0. The van der Waals surface area contributed by atoms with E-state index in [4.69, 9.17) is 0 Å². The lowest BCUT2D eigenvalue weighted by Gasteiger charge is -2.37. The monoisotopic (exact) mass is 278 g/mol. The Kier molecular flexibility index (Phi) is 3.82. The van der Waals surface area contributed by atoms with Gasteiger partial charge in [-0.3, -0.25) is 4.79 Å². The van der Waals surface area contributed by atoms with Crippen LogP contribution in [0.1, 0.15) is 33.1 Å². The Hall–Kier alpha value is -0.780. The van der Waals surface area contributed by atoms with Crippen LogP contribution in [0.15, 0.2) is 0 Å². The van der Waals surface area contributed by atoms with Gasteiger partial charge in [0.15, 0.2) is 5.41 Å². The maximum atomic E-state index is 13.4. The number of alkyl halides is 3. The number of hydrogen-bond acceptors (Lipinski definition) is 2. The van der Waals surface area contributed by atoms with E-state index in [0.29, 0.717) is 6.54 Å². The van der Waals surface area contributed by atoms with Crippen molar-refractivity contribution in [3.05, 3.63) is 0 Å². The lowest BCUT2D eigenvalue weighted by molar-refractivity contribution is -0.222. The molecule has 0 saturated carbocycles. The standard InChI is InChI=1S/C13H21F3N2O/c1-9(2)10-4-3-7-18(10)11(19)12(13(14,15)16)5-6-17-8-12/h9-10,17H,3-8H2,1-2H3. The molecule has 2 rings (SSSR count). The molecule has 0 bridgehead atoms. The minimum atomic E-state index is -4.47. The van der Waals surface area contributed by atoms with E-state index < -0.39 is 17.5 Å². The molecule has 19 heavy (non-hydrogen) atoms. The number of halogens is 3. The molecule has 2 saturated heterocycles. The van der Waals surface area contributed by atoms with Gasteiger partial charge in [-0.1, -0.05) is 13.8 Å². The molecule has 0 radical (unpaired) electrons. The summed E-state index contributed by atoms with van der Waals surface area (Å²) in [6, 6.07) is -0.0488. The van der Waals surface area contributed by atoms with E-state index in [2.05, 4.69) is 5.32 Å². The molecular weight excluding hydrogens is 257 g/mol. The van der Waals surface area contributed by atoms with E-state index in [0.717, 1.165) is 12.8 Å². The van der Waals surface area contributed by atoms with E-state index in [1.54, 1.807) is 0 Å². The van der Waals surface area contributed by atoms with Crippen molar-refractivity contribution in [1.29, 1.82) is 0 Å². The van der Waals surface area contributed by atoms with Gasteiger partial charge in [-0.15, -0.1) is 0 Å². The summed E-state index contributed by atoms with van der Waals surface area (Å²) < 4.78 is 40.1. The molecule has 2 aliphatic rings. The number of carbonyl (C=O) groups excluding carboxylic acids is 1. The zero-order chi connectivity index (χ0) is 14.3. The first kappa shape index (κ1) is 14.6. The summed E-state index contributed by atoms with van der Waals surface area (Å²) in [6.07, 6.45) is -3.00. The minimum Gasteiger partial charge on any atom is -0.339 e. The van der Waals surface area contributed by atoms with Crippen molar-refractivity contribution >= 4 is 5.91 Å². The van der Waals surface area contributed by atoms with E-state index in [1.165, 1.54) is 4.90 Å². The molecule has 110 valence electrons. The summed E-state index contributed by atoms with van der Waals surface area (Å²) in [7, 11) is 0. The second-order valence-corrected chi connectivity index (χ2v) is 5.96. The van der Waals surface area contributed by atoms with Crippen LogP contribution in [0.25, 0.3) is 0 Å². The second-order valence-electron chi connectivity index (χ2n) is 5.96. The van der Waals surface area contributed by atoms with Gasteiger partial charge >= 0.3 is 6.18 Å². The highest BCUT2D eigenvalue weighted by molar-refractivity contribution is 5.85. The van der Waals surface area contributed by atoms with Crippen LogP contribution in [0.4, 0.5) is 13.2 Å². The highest BCUT2D eigenvalue weighted by Crippen LogP contribution is 2.45. The molecule has 1 amide bonds. The first-order chi connectivity index (χ1) is 8.79. The summed E-state index contributed by atoms with van der Waals surface area (Å²) in [5.41, 5.74) is -2.20. The lowest BCUT2D eigenvalue weighted by Crippen LogP contribution is -2.55. The van der Waals surface area contributed by atoms with E-state index in [-0.39, 0.29) is 31.5 Å². The van der Waals surface area contributed by atoms with Gasteiger partial charge < -0.3 is 10.2 Å². The SMILES string of the molecule is CC(C)C1CCCN1C(=O)C1(C(F)(F)F)CCNC1. The van der Waals surface area contributed by atoms with Crippen LogP contribution >= 0.6 is 0 Å². The number of likely N-dealkylation sites (tertiary alicyclic amines) is 1. The average molecular weight is 278 g/mol. The Morgan fingerprint density at radius 1 is 1.42 bits per heavy atom. The molecule has 2 atom stereocenters. The smallest absolute Gasteiger partial charge is 0.339 e. The number of carbonyl (C=O) groups is 1. The molecule has 0 aromatic carbocycles. The summed E-state index contributed by atoms with van der Waals surface area (Å²) in [5.74, 6) is -0.521. The van der Waals surface area contributed by atoms with Crippen LogP contribution < -0.4 is 5.32 Å². The van der Waals surface area contributed by atoms with E-state index in [1.807, 2.05) is 13.8 Å². The second kappa shape index (κ2) is 4.96. The van der Waals surface area contributed by atoms with Crippen molar-refractivity contribution in [2.24, 2.45) is 11.3 Å². The number of hydrogen-bond donors (Lipinski definition) is 1. The minimum absolute atomic E-state index is 0.0488. The Balaban J connectivity index is 2.26. The van der Waals surface area contributed by atoms with Gasteiger partial charge in [-0.05, 0) is 31.7 Å². The predicted octanol–water partition coefficient (Wildman–Crippen LogP) is 2.18. The van der Waals surface area contributed by atoms with Gasteiger partial charge in [0.25, 0.3) is 0 Å². The van der Waals surface area contributed by atoms with Gasteiger partial charge in [0.05, 0.1) is 0 Å². The maximum absolute atomic E-state index is 13.4. The summed E-state index contributed by atoms with van der Waals surface area (Å²) >= 11 is 0. The molecule has 2 fully saturated rings. The summed E-state index contributed by atoms with van der Waals surface area (Å²) in [6.45, 7) is 4.36. The van der Waals surface area contributed by atoms with Crippen LogP contribution in [0.2, 0.25) is 0 Å². The molecule has 0 aliphatic carbocycles. The van der Waals surface area contributed by atoms with Crippen molar-refractivity contribution < 1.29 is 18.0 Å². The lowest BCUT2D eigenvalue weighted by atomic mass is 9.84. The van der Waals surface area contributed by atoms with E-state index >= 15 is 0 Å². The van der Waals surface area contributed by atoms with Crippen LogP contribution in [-0.2, 0) is 4.79 Å². The van der Waals surface area contributed by atoms with Gasteiger partial charge in [0, 0.05) is 19.1 Å². The van der Waals surface area contributed by atoms with Crippen molar-refractivity contribution in [3.8, 4) is 0 Å². The average Bonchev–Trinajstić information content (AvgIpc) is 2.97. The highest BCUT2D eigenvalue weighted by atomic mass is 19.4. The zero-order valence-electron chi connectivity index (χ0n) is 11.4. The Morgan fingerprint density at radius 3 is 2.58 bits per heavy atom. The molecule has 0 spiro atoms. The quantitative estimate of drug-likeness (QED) is 0.839. The molecule has 2 heterocycles. The fourth-order valence-electron chi connectivity index (χ4n) is 3.25. The number of amides is 1. The normalized spacial score (nSPS) is 32.3. The highest BCUT2D eigenvalue weighted by Gasteiger charge is 2.63. The summed E-state index contributed by atoms with van der Waals surface area (Å²) in [5, 5.41) is 2.70. The van der Waals surface area contributed by atoms with Gasteiger partial charge in [0.1, 0.15) is 0 Å². The van der Waals surface area contributed by atoms with Gasteiger partial charge in [-0.25, -0.2) is 0 Å². The van der Waals surface area contributed by atoms with Crippen LogP contribution in [0.5, 0.6) is 0 Å². The number of rotatable bonds is 2. The van der Waals surface area contributed by atoms with Gasteiger partial charge in [-0.2, -0.15) is 13.2 Å². The van der Waals surface area contributed by atoms with E-state index in [9.17, 15) is 18.0 Å². The largest absolute Gasteiger partial charge is 0.404 e. The first-order valence-corrected chi connectivity index (χ1v) is 6.88. The van der Waals surface area contributed by atoms with Gasteiger partial charge in [0.2, 0.25) is 5.91 Å². The van der Waals surface area contributed by atoms with Crippen molar-refractivity contribution in [1.82, 2.24) is 10.2 Å². The Labute approximate surface area is 111 Å². The molecule has 2 unspecified atom stereocenters. The predicted molar refractivity (Wildman–Crippen MR) is 65.5 cm³/mol. The Bertz CT molecular complexity index is 348. The maximum Gasteiger partial charge on any atom is 0.404 e. The Morgan fingerprint density at radius 2 is 2.11 bits per heavy atom. The molecule has 0 aromatic heterocycles. The zero-order valence-corrected chi connectivity index (χ0v) is 11.4. The molecule has 1 N–H and O–H groups in total. The molecular formula is C13H21F3N2O. The third-order valence-electron chi connectivity index (χ3n) is 4.44. The first-order valence-electron chi connectivity index (χ1n) is 6.88. The van der Waals surface area contributed by atoms with Crippen molar-refractivity contribution in [2.45, 2.75) is 45.3 Å². The van der Waals surface area contributed by atoms with Crippen molar-refractivity contribution in [2.75, 3.05) is 19.6 Å². The molecule has 0 aromatic rings. The third kappa shape index (κ3) is 2.35.